The van der Waals surface area contributed by atoms with Crippen molar-refractivity contribution in [2.45, 2.75) is 19.3 Å². The van der Waals surface area contributed by atoms with Crippen LogP contribution in [0.2, 0.25) is 0 Å². The zero-order valence-corrected chi connectivity index (χ0v) is 16.0. The van der Waals surface area contributed by atoms with Gasteiger partial charge in [0.05, 0.1) is 0 Å². The Morgan fingerprint density at radius 3 is 2.37 bits per heavy atom. The van der Waals surface area contributed by atoms with Crippen LogP contribution in [0.3, 0.4) is 0 Å². The van der Waals surface area contributed by atoms with Crippen molar-refractivity contribution in [3.63, 3.8) is 0 Å². The van der Waals surface area contributed by atoms with E-state index in [0.717, 1.165) is 69.9 Å². The molecule has 0 aliphatic carbocycles. The van der Waals surface area contributed by atoms with Gasteiger partial charge in [-0.3, -0.25) is 4.90 Å². The van der Waals surface area contributed by atoms with E-state index in [4.69, 9.17) is 9.72 Å². The minimum Gasteiger partial charge on any atom is -0.492 e. The van der Waals surface area contributed by atoms with E-state index in [-0.39, 0.29) is 0 Å². The van der Waals surface area contributed by atoms with Gasteiger partial charge in [0.1, 0.15) is 18.2 Å². The summed E-state index contributed by atoms with van der Waals surface area (Å²) in [7, 11) is 0. The summed E-state index contributed by atoms with van der Waals surface area (Å²) in [6.07, 6.45) is 5.78. The molecule has 6 nitrogen and oxygen atoms in total. The summed E-state index contributed by atoms with van der Waals surface area (Å²) < 4.78 is 5.82. The van der Waals surface area contributed by atoms with Gasteiger partial charge in [0.15, 0.2) is 0 Å². The number of rotatable bonds is 6. The Kier molecular flexibility index (Phi) is 6.04. The zero-order chi connectivity index (χ0) is 18.3. The summed E-state index contributed by atoms with van der Waals surface area (Å²) in [5, 5.41) is 0. The number of nitrogens with zero attached hydrogens (tertiary/aromatic N) is 5. The van der Waals surface area contributed by atoms with E-state index >= 15 is 0 Å². The lowest BCUT2D eigenvalue weighted by Crippen LogP contribution is -2.48. The lowest BCUT2D eigenvalue weighted by molar-refractivity contribution is 0.200. The predicted octanol–water partition coefficient (Wildman–Crippen LogP) is 2.67. The molecule has 0 atom stereocenters. The van der Waals surface area contributed by atoms with Gasteiger partial charge in [-0.1, -0.05) is 18.2 Å². The Bertz CT molecular complexity index is 697. The van der Waals surface area contributed by atoms with Gasteiger partial charge in [0.25, 0.3) is 0 Å². The van der Waals surface area contributed by atoms with E-state index in [1.807, 2.05) is 42.6 Å². The van der Waals surface area contributed by atoms with Crippen LogP contribution < -0.4 is 14.5 Å². The Morgan fingerprint density at radius 1 is 0.815 bits per heavy atom. The molecule has 2 aliphatic rings. The molecule has 2 fully saturated rings. The largest absolute Gasteiger partial charge is 0.492 e. The Morgan fingerprint density at radius 2 is 1.59 bits per heavy atom. The fourth-order valence-electron chi connectivity index (χ4n) is 3.77. The molecule has 0 saturated carbocycles. The van der Waals surface area contributed by atoms with Crippen molar-refractivity contribution < 1.29 is 4.74 Å². The smallest absolute Gasteiger partial charge is 0.227 e. The second-order valence-electron chi connectivity index (χ2n) is 7.25. The van der Waals surface area contributed by atoms with Crippen LogP contribution in [0, 0.1) is 0 Å². The van der Waals surface area contributed by atoms with Crippen LogP contribution in [-0.2, 0) is 0 Å². The minimum atomic E-state index is 0.727. The van der Waals surface area contributed by atoms with Crippen molar-refractivity contribution in [2.75, 3.05) is 62.2 Å². The number of benzene rings is 1. The standard InChI is InChI=1S/C21H29N5O/c1-3-7-19(8-4-1)27-18-17-24-13-15-26(16-14-24)21-22-10-9-20(23-21)25-11-5-2-6-12-25/h1,3-4,7-10H,2,5-6,11-18H2. The van der Waals surface area contributed by atoms with Gasteiger partial charge < -0.3 is 14.5 Å². The van der Waals surface area contributed by atoms with Crippen molar-refractivity contribution in [3.8, 4) is 5.75 Å². The quantitative estimate of drug-likeness (QED) is 0.782. The number of anilines is 2. The highest BCUT2D eigenvalue weighted by molar-refractivity contribution is 5.44. The first-order valence-corrected chi connectivity index (χ1v) is 10.1. The predicted molar refractivity (Wildman–Crippen MR) is 109 cm³/mol. The molecule has 2 aliphatic heterocycles. The zero-order valence-electron chi connectivity index (χ0n) is 16.0. The molecule has 2 saturated heterocycles. The molecule has 4 rings (SSSR count). The monoisotopic (exact) mass is 367 g/mol. The van der Waals surface area contributed by atoms with Crippen molar-refractivity contribution >= 4 is 11.8 Å². The van der Waals surface area contributed by atoms with Crippen molar-refractivity contribution in [3.05, 3.63) is 42.6 Å². The third-order valence-corrected chi connectivity index (χ3v) is 5.38. The maximum atomic E-state index is 5.82. The third kappa shape index (κ3) is 4.89. The van der Waals surface area contributed by atoms with Crippen molar-refractivity contribution in [2.24, 2.45) is 0 Å². The molecular formula is C21H29N5O. The summed E-state index contributed by atoms with van der Waals surface area (Å²) in [6, 6.07) is 12.1. The molecule has 0 radical (unpaired) electrons. The topological polar surface area (TPSA) is 44.7 Å². The van der Waals surface area contributed by atoms with Crippen LogP contribution in [0.1, 0.15) is 19.3 Å². The SMILES string of the molecule is c1ccc(OCCN2CCN(c3nccc(N4CCCCC4)n3)CC2)cc1. The second kappa shape index (κ2) is 9.04. The van der Waals surface area contributed by atoms with Gasteiger partial charge in [-0.2, -0.15) is 4.98 Å². The lowest BCUT2D eigenvalue weighted by atomic mass is 10.1. The molecule has 1 aromatic carbocycles. The van der Waals surface area contributed by atoms with E-state index in [0.29, 0.717) is 0 Å². The highest BCUT2D eigenvalue weighted by Gasteiger charge is 2.20. The summed E-state index contributed by atoms with van der Waals surface area (Å²) in [5.41, 5.74) is 0. The maximum absolute atomic E-state index is 5.82. The fourth-order valence-corrected chi connectivity index (χ4v) is 3.77. The number of ether oxygens (including phenoxy) is 1. The lowest BCUT2D eigenvalue weighted by Gasteiger charge is -2.35. The number of hydrogen-bond donors (Lipinski definition) is 0. The Labute approximate surface area is 161 Å². The molecule has 0 unspecified atom stereocenters. The highest BCUT2D eigenvalue weighted by atomic mass is 16.5. The molecular weight excluding hydrogens is 338 g/mol. The summed E-state index contributed by atoms with van der Waals surface area (Å²) in [6.45, 7) is 7.90. The summed E-state index contributed by atoms with van der Waals surface area (Å²) in [5.74, 6) is 2.90. The van der Waals surface area contributed by atoms with Gasteiger partial charge in [-0.25, -0.2) is 4.98 Å². The Balaban J connectivity index is 1.25. The summed E-state index contributed by atoms with van der Waals surface area (Å²) in [4.78, 5) is 16.5. The molecule has 144 valence electrons. The first-order valence-electron chi connectivity index (χ1n) is 10.1. The average Bonchev–Trinajstić information content (AvgIpc) is 2.76. The minimum absolute atomic E-state index is 0.727. The maximum Gasteiger partial charge on any atom is 0.227 e. The van der Waals surface area contributed by atoms with Crippen LogP contribution in [0.15, 0.2) is 42.6 Å². The second-order valence-corrected chi connectivity index (χ2v) is 7.25. The van der Waals surface area contributed by atoms with E-state index in [9.17, 15) is 0 Å². The van der Waals surface area contributed by atoms with Crippen molar-refractivity contribution in [1.29, 1.82) is 0 Å². The van der Waals surface area contributed by atoms with E-state index < -0.39 is 0 Å². The molecule has 2 aromatic rings. The summed E-state index contributed by atoms with van der Waals surface area (Å²) >= 11 is 0. The molecule has 6 heteroatoms. The van der Waals surface area contributed by atoms with E-state index in [1.54, 1.807) is 0 Å². The molecule has 0 amide bonds. The third-order valence-electron chi connectivity index (χ3n) is 5.38. The normalized spacial score (nSPS) is 18.5. The van der Waals surface area contributed by atoms with Gasteiger partial charge in [-0.05, 0) is 37.5 Å². The highest BCUT2D eigenvalue weighted by Crippen LogP contribution is 2.20. The van der Waals surface area contributed by atoms with Gasteiger partial charge in [0, 0.05) is 52.0 Å². The van der Waals surface area contributed by atoms with Crippen LogP contribution >= 0.6 is 0 Å². The molecule has 27 heavy (non-hydrogen) atoms. The molecule has 0 bridgehead atoms. The van der Waals surface area contributed by atoms with Crippen molar-refractivity contribution in [1.82, 2.24) is 14.9 Å². The van der Waals surface area contributed by atoms with E-state index in [2.05, 4.69) is 19.7 Å². The van der Waals surface area contributed by atoms with Gasteiger partial charge in [0.2, 0.25) is 5.95 Å². The number of para-hydroxylation sites is 1. The van der Waals surface area contributed by atoms with Gasteiger partial charge >= 0.3 is 0 Å². The van der Waals surface area contributed by atoms with Crippen LogP contribution in [0.25, 0.3) is 0 Å². The number of piperazine rings is 1. The number of piperidine rings is 1. The van der Waals surface area contributed by atoms with E-state index in [1.165, 1.54) is 19.3 Å². The van der Waals surface area contributed by atoms with Crippen LogP contribution in [-0.4, -0.2) is 67.3 Å². The first kappa shape index (κ1) is 18.0. The van der Waals surface area contributed by atoms with Gasteiger partial charge in [-0.15, -0.1) is 0 Å². The number of aromatic nitrogens is 2. The molecule has 3 heterocycles. The average molecular weight is 367 g/mol. The van der Waals surface area contributed by atoms with Crippen LogP contribution in [0.4, 0.5) is 11.8 Å². The van der Waals surface area contributed by atoms with Crippen LogP contribution in [0.5, 0.6) is 5.75 Å². The Hall–Kier alpha value is -2.34. The fraction of sp³-hybridized carbons (Fsp3) is 0.524. The molecule has 1 aromatic heterocycles. The first-order chi connectivity index (χ1) is 13.4. The number of hydrogen-bond acceptors (Lipinski definition) is 6. The molecule has 0 N–H and O–H groups in total. The molecule has 0 spiro atoms.